The lowest BCUT2D eigenvalue weighted by atomic mass is 9.94. The van der Waals surface area contributed by atoms with Crippen molar-refractivity contribution >= 4 is 22.6 Å². The largest absolute Gasteiger partial charge is 0.547 e. The molecule has 0 radical (unpaired) electrons. The highest BCUT2D eigenvalue weighted by atomic mass is 28.4. The summed E-state index contributed by atoms with van der Waals surface area (Å²) >= 11 is 0. The number of rotatable bonds is 15. The maximum absolute atomic E-state index is 11.5. The quantitative estimate of drug-likeness (QED) is 0.0489. The van der Waals surface area contributed by atoms with E-state index in [1.165, 1.54) is 13.2 Å². The molecular formula is C31H56O6Si2. The van der Waals surface area contributed by atoms with Gasteiger partial charge in [0.05, 0.1) is 37.3 Å². The van der Waals surface area contributed by atoms with Crippen molar-refractivity contribution in [2.45, 2.75) is 122 Å². The molecule has 0 aliphatic carbocycles. The Labute approximate surface area is 241 Å². The van der Waals surface area contributed by atoms with E-state index in [0.717, 1.165) is 37.0 Å². The molecule has 0 aromatic carbocycles. The maximum Gasteiger partial charge on any atom is 0.330 e. The van der Waals surface area contributed by atoms with Gasteiger partial charge in [0, 0.05) is 31.9 Å². The van der Waals surface area contributed by atoms with Crippen LogP contribution >= 0.6 is 0 Å². The standard InChI is InChI=1S/C31H56O6Si2/c1-23(18-20-30(32)34-8)17-19-28(37-39(12,13)31(4,5)6)21-26-15-14-16-27(35-26)22-29(33-7)24(2)25(3)36-38(9,10)11/h14-15,17-18,20,24,26-29H,3,16,19,21-22H2,1-2,4-13H3/b20-18+,23-17+/t24-,26-,27-,28-,29-/m0/s1. The number of ether oxygens (including phenoxy) is 3. The minimum atomic E-state index is -2.00. The van der Waals surface area contributed by atoms with Gasteiger partial charge in [-0.15, -0.1) is 0 Å². The second kappa shape index (κ2) is 15.5. The van der Waals surface area contributed by atoms with Crippen LogP contribution in [0.2, 0.25) is 37.8 Å². The fraction of sp³-hybridized carbons (Fsp3) is 0.710. The monoisotopic (exact) mass is 580 g/mol. The molecule has 39 heavy (non-hydrogen) atoms. The summed E-state index contributed by atoms with van der Waals surface area (Å²) in [7, 11) is -0.593. The van der Waals surface area contributed by atoms with Crippen molar-refractivity contribution in [2.24, 2.45) is 5.92 Å². The first kappa shape index (κ1) is 35.6. The third kappa shape index (κ3) is 13.2. The molecule has 0 saturated heterocycles. The van der Waals surface area contributed by atoms with E-state index in [-0.39, 0.29) is 41.3 Å². The van der Waals surface area contributed by atoms with Crippen molar-refractivity contribution in [1.29, 1.82) is 0 Å². The molecule has 5 atom stereocenters. The fourth-order valence-electron chi connectivity index (χ4n) is 4.17. The molecule has 224 valence electrons. The van der Waals surface area contributed by atoms with E-state index in [1.807, 2.05) is 6.92 Å². The van der Waals surface area contributed by atoms with Gasteiger partial charge in [0.1, 0.15) is 0 Å². The van der Waals surface area contributed by atoms with Crippen molar-refractivity contribution in [3.05, 3.63) is 48.3 Å². The molecule has 1 rings (SSSR count). The Balaban J connectivity index is 2.97. The van der Waals surface area contributed by atoms with Crippen LogP contribution in [0.25, 0.3) is 0 Å². The zero-order valence-electron chi connectivity index (χ0n) is 26.8. The van der Waals surface area contributed by atoms with E-state index in [2.05, 4.69) is 85.2 Å². The summed E-state index contributed by atoms with van der Waals surface area (Å²) in [5.74, 6) is 0.522. The van der Waals surface area contributed by atoms with Gasteiger partial charge in [-0.25, -0.2) is 4.79 Å². The lowest BCUT2D eigenvalue weighted by Gasteiger charge is -2.40. The molecule has 1 aliphatic rings. The first-order valence-electron chi connectivity index (χ1n) is 14.2. The molecule has 0 aromatic heterocycles. The first-order chi connectivity index (χ1) is 17.9. The van der Waals surface area contributed by atoms with Crippen LogP contribution in [-0.2, 0) is 27.9 Å². The van der Waals surface area contributed by atoms with Crippen LogP contribution in [0.4, 0.5) is 0 Å². The highest BCUT2D eigenvalue weighted by molar-refractivity contribution is 6.74. The summed E-state index contributed by atoms with van der Waals surface area (Å²) in [6.07, 6.45) is 12.9. The van der Waals surface area contributed by atoms with Crippen LogP contribution in [0, 0.1) is 5.92 Å². The van der Waals surface area contributed by atoms with E-state index in [1.54, 1.807) is 13.2 Å². The van der Waals surface area contributed by atoms with Crippen molar-refractivity contribution in [2.75, 3.05) is 14.2 Å². The fourth-order valence-corrected chi connectivity index (χ4v) is 6.52. The van der Waals surface area contributed by atoms with Crippen LogP contribution in [0.1, 0.15) is 60.3 Å². The van der Waals surface area contributed by atoms with Gasteiger partial charge in [0.2, 0.25) is 8.32 Å². The summed E-state index contributed by atoms with van der Waals surface area (Å²) in [4.78, 5) is 11.5. The molecule has 1 aliphatic heterocycles. The zero-order valence-corrected chi connectivity index (χ0v) is 28.8. The van der Waals surface area contributed by atoms with Gasteiger partial charge in [0.25, 0.3) is 0 Å². The van der Waals surface area contributed by atoms with Gasteiger partial charge < -0.3 is 23.1 Å². The average Bonchev–Trinajstić information content (AvgIpc) is 2.82. The topological polar surface area (TPSA) is 63.2 Å². The van der Waals surface area contributed by atoms with Gasteiger partial charge in [-0.3, -0.25) is 0 Å². The Morgan fingerprint density at radius 3 is 2.31 bits per heavy atom. The van der Waals surface area contributed by atoms with E-state index in [0.29, 0.717) is 0 Å². The highest BCUT2D eigenvalue weighted by Crippen LogP contribution is 2.38. The van der Waals surface area contributed by atoms with Crippen molar-refractivity contribution < 1.29 is 27.9 Å². The molecule has 0 amide bonds. The molecule has 0 unspecified atom stereocenters. The van der Waals surface area contributed by atoms with Gasteiger partial charge in [-0.2, -0.15) is 0 Å². The number of allylic oxidation sites excluding steroid dienone is 2. The molecule has 0 fully saturated rings. The Morgan fingerprint density at radius 2 is 1.77 bits per heavy atom. The predicted octanol–water partition coefficient (Wildman–Crippen LogP) is 7.95. The van der Waals surface area contributed by atoms with Gasteiger partial charge in [-0.05, 0) is 57.5 Å². The molecule has 0 spiro atoms. The Morgan fingerprint density at radius 1 is 1.13 bits per heavy atom. The first-order valence-corrected chi connectivity index (χ1v) is 20.5. The number of carbonyl (C=O) groups excluding carboxylic acids is 1. The normalized spacial score (nSPS) is 21.5. The lowest BCUT2D eigenvalue weighted by Crippen LogP contribution is -2.45. The van der Waals surface area contributed by atoms with Crippen molar-refractivity contribution in [3.63, 3.8) is 0 Å². The molecular weight excluding hydrogens is 525 g/mol. The smallest absolute Gasteiger partial charge is 0.330 e. The minimum Gasteiger partial charge on any atom is -0.547 e. The molecule has 1 heterocycles. The number of methoxy groups -OCH3 is 2. The number of esters is 1. The molecule has 0 saturated carbocycles. The van der Waals surface area contributed by atoms with E-state index < -0.39 is 16.6 Å². The van der Waals surface area contributed by atoms with Crippen molar-refractivity contribution in [3.8, 4) is 0 Å². The molecule has 0 bridgehead atoms. The SMILES string of the molecule is C=C(O[Si](C)(C)C)[C@H](C)[C@H](C[C@@H]1CC=C[C@@H](C[C@H](C/C=C(C)/C=C/C(=O)OC)O[Si](C)(C)C(C)(C)C)O1)OC. The zero-order chi connectivity index (χ0) is 30.0. The Bertz CT molecular complexity index is 878. The lowest BCUT2D eigenvalue weighted by molar-refractivity contribution is -0.134. The predicted molar refractivity (Wildman–Crippen MR) is 167 cm³/mol. The summed E-state index contributed by atoms with van der Waals surface area (Å²) < 4.78 is 30.2. The highest BCUT2D eigenvalue weighted by Gasteiger charge is 2.39. The third-order valence-corrected chi connectivity index (χ3v) is 13.0. The molecule has 6 nitrogen and oxygen atoms in total. The summed E-state index contributed by atoms with van der Waals surface area (Å²) in [6, 6.07) is 0. The van der Waals surface area contributed by atoms with Gasteiger partial charge in [0.15, 0.2) is 8.32 Å². The summed E-state index contributed by atoms with van der Waals surface area (Å²) in [5.41, 5.74) is 1.000. The van der Waals surface area contributed by atoms with Gasteiger partial charge >= 0.3 is 5.97 Å². The third-order valence-electron chi connectivity index (χ3n) is 7.57. The van der Waals surface area contributed by atoms with E-state index in [4.69, 9.17) is 23.1 Å². The Kier molecular flexibility index (Phi) is 14.2. The van der Waals surface area contributed by atoms with Crippen LogP contribution in [-0.4, -0.2) is 61.2 Å². The van der Waals surface area contributed by atoms with Crippen molar-refractivity contribution in [1.82, 2.24) is 0 Å². The number of carbonyl (C=O) groups is 1. The molecule has 8 heteroatoms. The summed E-state index contributed by atoms with van der Waals surface area (Å²) in [6.45, 7) is 26.2. The Hall–Kier alpha value is -1.46. The molecule has 0 N–H and O–H groups in total. The van der Waals surface area contributed by atoms with E-state index in [9.17, 15) is 4.79 Å². The maximum atomic E-state index is 11.5. The number of hydrogen-bond donors (Lipinski definition) is 0. The van der Waals surface area contributed by atoms with Gasteiger partial charge in [-0.1, -0.05) is 64.2 Å². The van der Waals surface area contributed by atoms with Crippen LogP contribution in [0.15, 0.2) is 48.3 Å². The minimum absolute atomic E-state index is 0.00263. The second-order valence-corrected chi connectivity index (χ2v) is 22.4. The van der Waals surface area contributed by atoms with Crippen LogP contribution < -0.4 is 0 Å². The van der Waals surface area contributed by atoms with Crippen LogP contribution in [0.3, 0.4) is 0 Å². The second-order valence-electron chi connectivity index (χ2n) is 13.2. The van der Waals surface area contributed by atoms with E-state index >= 15 is 0 Å². The molecule has 0 aromatic rings. The average molecular weight is 581 g/mol. The number of hydrogen-bond acceptors (Lipinski definition) is 6. The summed E-state index contributed by atoms with van der Waals surface area (Å²) in [5, 5.41) is 0.1000. The van der Waals surface area contributed by atoms with Crippen LogP contribution in [0.5, 0.6) is 0 Å².